The third kappa shape index (κ3) is 6.81. The van der Waals surface area contributed by atoms with Crippen LogP contribution in [0.1, 0.15) is 81.5 Å². The first-order valence-corrected chi connectivity index (χ1v) is 17.2. The minimum Gasteiger partial charge on any atom is -0.497 e. The average molecular weight is 675 g/mol. The number of anilines is 4. The lowest BCUT2D eigenvalue weighted by Crippen LogP contribution is -2.54. The van der Waals surface area contributed by atoms with Gasteiger partial charge < -0.3 is 29.5 Å². The third-order valence-corrected chi connectivity index (χ3v) is 9.34. The number of nitrogens with one attached hydrogen (secondary N) is 1. The number of fused-ring (bicyclic) bond motifs is 1. The van der Waals surface area contributed by atoms with E-state index in [1.807, 2.05) is 57.2 Å². The fourth-order valence-electron chi connectivity index (χ4n) is 6.63. The summed E-state index contributed by atoms with van der Waals surface area (Å²) in [6.07, 6.45) is 5.32. The van der Waals surface area contributed by atoms with Crippen molar-refractivity contribution in [1.29, 1.82) is 10.5 Å². The van der Waals surface area contributed by atoms with Gasteiger partial charge in [0.05, 0.1) is 24.9 Å². The van der Waals surface area contributed by atoms with Crippen LogP contribution < -0.4 is 19.9 Å². The number of benzene rings is 2. The first-order valence-electron chi connectivity index (χ1n) is 17.2. The second-order valence-electron chi connectivity index (χ2n) is 14.4. The molecule has 2 saturated carbocycles. The molecule has 0 unspecified atom stereocenters. The minimum absolute atomic E-state index is 0.00945. The second-order valence-corrected chi connectivity index (χ2v) is 14.4. The summed E-state index contributed by atoms with van der Waals surface area (Å²) in [6, 6.07) is 16.7. The lowest BCUT2D eigenvalue weighted by atomic mass is 9.99. The summed E-state index contributed by atoms with van der Waals surface area (Å²) < 4.78 is 12.7. The van der Waals surface area contributed by atoms with Crippen LogP contribution >= 0.6 is 0 Å². The Balaban J connectivity index is 1.25. The number of methoxy groups -OCH3 is 1. The molecular weight excluding hydrogens is 632 g/mol. The van der Waals surface area contributed by atoms with Crippen molar-refractivity contribution in [1.82, 2.24) is 24.5 Å². The smallest absolute Gasteiger partial charge is 0.410 e. The molecule has 0 spiro atoms. The van der Waals surface area contributed by atoms with Crippen LogP contribution in [0.15, 0.2) is 42.6 Å². The van der Waals surface area contributed by atoms with Crippen LogP contribution in [0.4, 0.5) is 28.1 Å². The zero-order chi connectivity index (χ0) is 35.2. The molecule has 3 heterocycles. The predicted octanol–water partition coefficient (Wildman–Crippen LogP) is 6.11. The van der Waals surface area contributed by atoms with Gasteiger partial charge in [-0.3, -0.25) is 0 Å². The van der Waals surface area contributed by atoms with Crippen molar-refractivity contribution in [2.24, 2.45) is 0 Å². The highest BCUT2D eigenvalue weighted by atomic mass is 16.6. The van der Waals surface area contributed by atoms with Gasteiger partial charge in [-0.1, -0.05) is 12.1 Å². The van der Waals surface area contributed by atoms with Crippen molar-refractivity contribution in [2.75, 3.05) is 41.9 Å². The van der Waals surface area contributed by atoms with Gasteiger partial charge in [0.2, 0.25) is 11.9 Å². The number of piperazine rings is 1. The van der Waals surface area contributed by atoms with Gasteiger partial charge in [-0.15, -0.1) is 0 Å². The first-order chi connectivity index (χ1) is 24.0. The molecule has 2 aromatic heterocycles. The maximum absolute atomic E-state index is 12.9. The van der Waals surface area contributed by atoms with Crippen LogP contribution in [0, 0.1) is 22.7 Å². The van der Waals surface area contributed by atoms with E-state index in [1.165, 1.54) is 6.20 Å². The summed E-state index contributed by atoms with van der Waals surface area (Å²) in [6.45, 7) is 9.92. The number of carbonyl (C=O) groups is 1. The SMILES string of the molecule is COc1ccc(CN(c2nc(Nc3cc(C#N)cc(N4CCN(C(=O)OC(C)(C)C)C[C@@H]4C)c3C3CC3)nc3c(C#N)cnn23)C2CC2)cc1. The number of rotatable bonds is 9. The lowest BCUT2D eigenvalue weighted by molar-refractivity contribution is 0.0218. The zero-order valence-electron chi connectivity index (χ0n) is 29.2. The topological polar surface area (TPSA) is 148 Å². The van der Waals surface area contributed by atoms with Crippen LogP contribution in [0.25, 0.3) is 5.65 Å². The van der Waals surface area contributed by atoms with Crippen LogP contribution in [-0.2, 0) is 11.3 Å². The largest absolute Gasteiger partial charge is 0.497 e. The summed E-state index contributed by atoms with van der Waals surface area (Å²) in [4.78, 5) is 29.0. The third-order valence-electron chi connectivity index (χ3n) is 9.34. The van der Waals surface area contributed by atoms with Gasteiger partial charge in [0, 0.05) is 55.2 Å². The highest BCUT2D eigenvalue weighted by Gasteiger charge is 2.37. The van der Waals surface area contributed by atoms with Crippen molar-refractivity contribution in [3.8, 4) is 17.9 Å². The molecule has 0 radical (unpaired) electrons. The molecule has 1 saturated heterocycles. The Morgan fingerprint density at radius 2 is 1.82 bits per heavy atom. The molecule has 3 fully saturated rings. The Bertz CT molecular complexity index is 2000. The Labute approximate surface area is 292 Å². The van der Waals surface area contributed by atoms with E-state index in [4.69, 9.17) is 19.4 Å². The molecule has 1 N–H and O–H groups in total. The van der Waals surface area contributed by atoms with Gasteiger partial charge in [-0.25, -0.2) is 4.79 Å². The number of ether oxygens (including phenoxy) is 2. The summed E-state index contributed by atoms with van der Waals surface area (Å²) in [5.74, 6) is 2.02. The van der Waals surface area contributed by atoms with E-state index < -0.39 is 5.60 Å². The molecule has 1 atom stereocenters. The van der Waals surface area contributed by atoms with Crippen LogP contribution in [0.5, 0.6) is 5.75 Å². The maximum Gasteiger partial charge on any atom is 0.410 e. The molecule has 0 bridgehead atoms. The maximum atomic E-state index is 12.9. The molecular formula is C37H42N10O3. The van der Waals surface area contributed by atoms with Gasteiger partial charge in [-0.05, 0) is 89.1 Å². The van der Waals surface area contributed by atoms with E-state index in [1.54, 1.807) is 16.5 Å². The van der Waals surface area contributed by atoms with Crippen molar-refractivity contribution in [2.45, 2.75) is 83.5 Å². The Morgan fingerprint density at radius 3 is 2.44 bits per heavy atom. The lowest BCUT2D eigenvalue weighted by Gasteiger charge is -2.42. The monoisotopic (exact) mass is 674 g/mol. The highest BCUT2D eigenvalue weighted by Crippen LogP contribution is 2.49. The van der Waals surface area contributed by atoms with Crippen molar-refractivity contribution < 1.29 is 14.3 Å². The molecule has 2 aliphatic carbocycles. The van der Waals surface area contributed by atoms with E-state index in [-0.39, 0.29) is 18.2 Å². The summed E-state index contributed by atoms with van der Waals surface area (Å²) in [7, 11) is 1.65. The standard InChI is InChI=1S/C37H42N10O3/c1-23-21-44(36(48)50-37(2,3)4)14-15-45(23)31-17-25(18-38)16-30(32(31)26-8-9-26)41-34-42-33-27(19-39)20-40-47(33)35(43-34)46(28-10-11-28)22-24-6-12-29(49-5)13-7-24/h6-7,12-13,16-17,20,23,26,28H,8-11,14-15,21-22H2,1-5H3,(H,41,42)/t23-/m0/s1. The van der Waals surface area contributed by atoms with Crippen molar-refractivity contribution in [3.05, 3.63) is 64.8 Å². The second kappa shape index (κ2) is 13.0. The van der Waals surface area contributed by atoms with Gasteiger partial charge in [0.15, 0.2) is 5.65 Å². The van der Waals surface area contributed by atoms with Crippen molar-refractivity contribution in [3.63, 3.8) is 0 Å². The number of hydrogen-bond donors (Lipinski definition) is 1. The van der Waals surface area contributed by atoms with E-state index in [2.05, 4.69) is 39.3 Å². The average Bonchev–Trinajstić information content (AvgIpc) is 4.04. The minimum atomic E-state index is -0.570. The first kappa shape index (κ1) is 33.0. The Morgan fingerprint density at radius 1 is 1.06 bits per heavy atom. The number of nitrogens with zero attached hydrogens (tertiary/aromatic N) is 9. The fourth-order valence-corrected chi connectivity index (χ4v) is 6.63. The molecule has 1 aliphatic heterocycles. The molecule has 50 heavy (non-hydrogen) atoms. The van der Waals surface area contributed by atoms with E-state index in [0.717, 1.165) is 53.9 Å². The number of aromatic nitrogens is 4. The Hall–Kier alpha value is -5.56. The quantitative estimate of drug-likeness (QED) is 0.219. The molecule has 13 nitrogen and oxygen atoms in total. The van der Waals surface area contributed by atoms with Crippen LogP contribution in [0.3, 0.4) is 0 Å². The van der Waals surface area contributed by atoms with Crippen LogP contribution in [-0.4, -0.2) is 75.0 Å². The van der Waals surface area contributed by atoms with Gasteiger partial charge in [0.25, 0.3) is 0 Å². The van der Waals surface area contributed by atoms with Gasteiger partial charge in [0.1, 0.15) is 23.0 Å². The zero-order valence-corrected chi connectivity index (χ0v) is 29.2. The number of amides is 1. The summed E-state index contributed by atoms with van der Waals surface area (Å²) in [5.41, 5.74) is 4.65. The van der Waals surface area contributed by atoms with E-state index in [9.17, 15) is 15.3 Å². The normalized spacial score (nSPS) is 17.6. The summed E-state index contributed by atoms with van der Waals surface area (Å²) >= 11 is 0. The number of carbonyl (C=O) groups excluding carboxylic acids is 1. The highest BCUT2D eigenvalue weighted by molar-refractivity contribution is 5.76. The molecule has 2 aromatic carbocycles. The fraction of sp³-hybridized carbons (Fsp3) is 0.459. The van der Waals surface area contributed by atoms with Gasteiger partial charge >= 0.3 is 6.09 Å². The molecule has 4 aromatic rings. The number of nitriles is 2. The predicted molar refractivity (Wildman–Crippen MR) is 189 cm³/mol. The molecule has 3 aliphatic rings. The molecule has 1 amide bonds. The molecule has 7 rings (SSSR count). The summed E-state index contributed by atoms with van der Waals surface area (Å²) in [5, 5.41) is 28.2. The van der Waals surface area contributed by atoms with E-state index in [0.29, 0.717) is 60.8 Å². The van der Waals surface area contributed by atoms with Crippen molar-refractivity contribution >= 4 is 35.0 Å². The Kier molecular flexibility index (Phi) is 8.60. The van der Waals surface area contributed by atoms with Gasteiger partial charge in [-0.2, -0.15) is 30.1 Å². The number of hydrogen-bond acceptors (Lipinski definition) is 11. The van der Waals surface area contributed by atoms with E-state index >= 15 is 0 Å². The van der Waals surface area contributed by atoms with Crippen LogP contribution in [0.2, 0.25) is 0 Å². The molecule has 13 heteroatoms. The molecule has 258 valence electrons.